The van der Waals surface area contributed by atoms with E-state index in [1.165, 1.54) is 18.5 Å². The van der Waals surface area contributed by atoms with Gasteiger partial charge < -0.3 is 19.9 Å². The van der Waals surface area contributed by atoms with E-state index in [2.05, 4.69) is 20.3 Å². The quantitative estimate of drug-likeness (QED) is 0.579. The normalized spacial score (nSPS) is 16.6. The van der Waals surface area contributed by atoms with Gasteiger partial charge in [0.15, 0.2) is 0 Å². The molecule has 2 amide bonds. The van der Waals surface area contributed by atoms with E-state index in [4.69, 9.17) is 4.74 Å². The summed E-state index contributed by atoms with van der Waals surface area (Å²) in [7, 11) is 0. The molecule has 34 heavy (non-hydrogen) atoms. The summed E-state index contributed by atoms with van der Waals surface area (Å²) >= 11 is 0. The first-order valence-electron chi connectivity index (χ1n) is 11.7. The third-order valence-electron chi connectivity index (χ3n) is 6.64. The molecule has 0 bridgehead atoms. The number of aryl methyl sites for hydroxylation is 1. The van der Waals surface area contributed by atoms with Crippen molar-refractivity contribution in [1.29, 1.82) is 0 Å². The molecule has 1 saturated carbocycles. The Labute approximate surface area is 196 Å². The molecule has 3 heterocycles. The monoisotopic (exact) mass is 465 g/mol. The lowest BCUT2D eigenvalue weighted by Crippen LogP contribution is -2.46. The number of rotatable bonds is 6. The largest absolute Gasteiger partial charge is 0.493 e. The van der Waals surface area contributed by atoms with Crippen molar-refractivity contribution < 1.29 is 18.7 Å². The molecule has 3 aromatic rings. The van der Waals surface area contributed by atoms with Gasteiger partial charge in [-0.25, -0.2) is 14.4 Å². The number of piperidine rings is 1. The standard InChI is InChI=1S/C25H28FN5O3/c1-14-21(25(33)30-18-7-9-31(10-8-18)15(2)32)23-24(29-14)22(27-13-28-23)19-11-17(26)5-6-20(19)34-12-16-3-4-16/h5-6,11,13,16,18,29H,3-4,7-10,12H2,1-2H3,(H,30,33). The maximum atomic E-state index is 14.2. The number of nitrogens with zero attached hydrogens (tertiary/aromatic N) is 3. The summed E-state index contributed by atoms with van der Waals surface area (Å²) in [5.74, 6) is 0.551. The molecule has 5 rings (SSSR count). The van der Waals surface area contributed by atoms with Gasteiger partial charge in [0.2, 0.25) is 5.91 Å². The highest BCUT2D eigenvalue weighted by molar-refractivity contribution is 6.09. The van der Waals surface area contributed by atoms with E-state index >= 15 is 0 Å². The van der Waals surface area contributed by atoms with E-state index in [1.807, 2.05) is 6.92 Å². The first-order valence-corrected chi connectivity index (χ1v) is 11.7. The summed E-state index contributed by atoms with van der Waals surface area (Å²) < 4.78 is 20.2. The van der Waals surface area contributed by atoms with Gasteiger partial charge in [0, 0.05) is 37.3 Å². The van der Waals surface area contributed by atoms with Crippen molar-refractivity contribution in [1.82, 2.24) is 25.2 Å². The molecule has 0 radical (unpaired) electrons. The Morgan fingerprint density at radius 1 is 1.21 bits per heavy atom. The number of aromatic amines is 1. The van der Waals surface area contributed by atoms with Crippen LogP contribution in [0.3, 0.4) is 0 Å². The van der Waals surface area contributed by atoms with Crippen LogP contribution in [0.25, 0.3) is 22.3 Å². The number of hydrogen-bond donors (Lipinski definition) is 2. The number of hydrogen-bond acceptors (Lipinski definition) is 5. The van der Waals surface area contributed by atoms with Gasteiger partial charge in [-0.05, 0) is 56.7 Å². The third kappa shape index (κ3) is 4.47. The van der Waals surface area contributed by atoms with E-state index < -0.39 is 5.82 Å². The van der Waals surface area contributed by atoms with Crippen LogP contribution in [-0.4, -0.2) is 57.4 Å². The number of carbonyl (C=O) groups is 2. The zero-order valence-electron chi connectivity index (χ0n) is 19.4. The predicted molar refractivity (Wildman–Crippen MR) is 125 cm³/mol. The number of H-pyrrole nitrogens is 1. The molecule has 2 aromatic heterocycles. The lowest BCUT2D eigenvalue weighted by atomic mass is 10.0. The summed E-state index contributed by atoms with van der Waals surface area (Å²) in [6.07, 6.45) is 5.10. The van der Waals surface area contributed by atoms with Gasteiger partial charge in [-0.1, -0.05) is 0 Å². The molecular formula is C25H28FN5O3. The van der Waals surface area contributed by atoms with E-state index in [0.717, 1.165) is 12.8 Å². The molecule has 9 heteroatoms. The van der Waals surface area contributed by atoms with Crippen molar-refractivity contribution in [2.45, 2.75) is 45.6 Å². The van der Waals surface area contributed by atoms with Gasteiger partial charge in [0.1, 0.15) is 29.1 Å². The Morgan fingerprint density at radius 3 is 2.68 bits per heavy atom. The van der Waals surface area contributed by atoms with Gasteiger partial charge >= 0.3 is 0 Å². The fourth-order valence-electron chi connectivity index (χ4n) is 4.50. The third-order valence-corrected chi connectivity index (χ3v) is 6.64. The van der Waals surface area contributed by atoms with Crippen LogP contribution >= 0.6 is 0 Å². The van der Waals surface area contributed by atoms with Gasteiger partial charge in [-0.3, -0.25) is 9.59 Å². The number of carbonyl (C=O) groups excluding carboxylic acids is 2. The van der Waals surface area contributed by atoms with Gasteiger partial charge in [-0.2, -0.15) is 0 Å². The van der Waals surface area contributed by atoms with Crippen LogP contribution in [-0.2, 0) is 4.79 Å². The van der Waals surface area contributed by atoms with Crippen LogP contribution in [0, 0.1) is 18.7 Å². The Balaban J connectivity index is 1.43. The number of ether oxygens (including phenoxy) is 1. The molecule has 2 fully saturated rings. The molecule has 1 aliphatic carbocycles. The SMILES string of the molecule is CC(=O)N1CCC(NC(=O)c2c(C)[nH]c3c(-c4cc(F)ccc4OCC4CC4)ncnc23)CC1. The lowest BCUT2D eigenvalue weighted by Gasteiger charge is -2.31. The van der Waals surface area contributed by atoms with E-state index in [1.54, 1.807) is 17.9 Å². The molecule has 178 valence electrons. The molecule has 2 aliphatic rings. The maximum absolute atomic E-state index is 14.2. The topological polar surface area (TPSA) is 100 Å². The fourth-order valence-corrected chi connectivity index (χ4v) is 4.50. The number of likely N-dealkylation sites (tertiary alicyclic amines) is 1. The highest BCUT2D eigenvalue weighted by Crippen LogP contribution is 2.36. The average Bonchev–Trinajstić information content (AvgIpc) is 3.58. The molecule has 0 unspecified atom stereocenters. The molecule has 2 N–H and O–H groups in total. The number of amides is 2. The van der Waals surface area contributed by atoms with Crippen molar-refractivity contribution in [3.8, 4) is 17.0 Å². The number of nitrogens with one attached hydrogen (secondary N) is 2. The predicted octanol–water partition coefficient (Wildman–Crippen LogP) is 3.60. The van der Waals surface area contributed by atoms with Crippen LogP contribution in [0.2, 0.25) is 0 Å². The molecular weight excluding hydrogens is 437 g/mol. The van der Waals surface area contributed by atoms with Crippen LogP contribution in [0.4, 0.5) is 4.39 Å². The van der Waals surface area contributed by atoms with E-state index in [-0.39, 0.29) is 17.9 Å². The van der Waals surface area contributed by atoms with Crippen LogP contribution in [0.15, 0.2) is 24.5 Å². The van der Waals surface area contributed by atoms with Gasteiger partial charge in [0.05, 0.1) is 17.7 Å². The highest BCUT2D eigenvalue weighted by atomic mass is 19.1. The minimum atomic E-state index is -0.390. The van der Waals surface area contributed by atoms with Crippen LogP contribution in [0.5, 0.6) is 5.75 Å². The highest BCUT2D eigenvalue weighted by Gasteiger charge is 2.27. The first kappa shape index (κ1) is 22.3. The van der Waals surface area contributed by atoms with E-state index in [0.29, 0.717) is 77.8 Å². The summed E-state index contributed by atoms with van der Waals surface area (Å²) in [5, 5.41) is 3.09. The van der Waals surface area contributed by atoms with Gasteiger partial charge in [-0.15, -0.1) is 0 Å². The second-order valence-electron chi connectivity index (χ2n) is 9.22. The summed E-state index contributed by atoms with van der Waals surface area (Å²) in [4.78, 5) is 38.6. The van der Waals surface area contributed by atoms with Crippen molar-refractivity contribution in [3.05, 3.63) is 41.6 Å². The van der Waals surface area contributed by atoms with Crippen molar-refractivity contribution in [2.24, 2.45) is 5.92 Å². The molecule has 8 nitrogen and oxygen atoms in total. The molecule has 1 saturated heterocycles. The van der Waals surface area contributed by atoms with Gasteiger partial charge in [0.25, 0.3) is 5.91 Å². The second kappa shape index (κ2) is 9.04. The Hall–Kier alpha value is -3.49. The van der Waals surface area contributed by atoms with Crippen LogP contribution < -0.4 is 10.1 Å². The number of halogens is 1. The molecule has 0 atom stereocenters. The van der Waals surface area contributed by atoms with Crippen molar-refractivity contribution in [3.63, 3.8) is 0 Å². The fraction of sp³-hybridized carbons (Fsp3) is 0.440. The Morgan fingerprint density at radius 2 is 1.97 bits per heavy atom. The van der Waals surface area contributed by atoms with Crippen molar-refractivity contribution in [2.75, 3.05) is 19.7 Å². The smallest absolute Gasteiger partial charge is 0.255 e. The number of fused-ring (bicyclic) bond motifs is 1. The number of aromatic nitrogens is 3. The Kier molecular flexibility index (Phi) is 5.93. The summed E-state index contributed by atoms with van der Waals surface area (Å²) in [6, 6.07) is 4.39. The lowest BCUT2D eigenvalue weighted by molar-refractivity contribution is -0.129. The summed E-state index contributed by atoms with van der Waals surface area (Å²) in [6.45, 7) is 5.22. The Bertz CT molecular complexity index is 1240. The molecule has 1 aromatic carbocycles. The van der Waals surface area contributed by atoms with E-state index in [9.17, 15) is 14.0 Å². The summed E-state index contributed by atoms with van der Waals surface area (Å²) in [5.41, 5.74) is 3.18. The minimum Gasteiger partial charge on any atom is -0.493 e. The first-order chi connectivity index (χ1) is 16.4. The zero-order chi connectivity index (χ0) is 23.8. The molecule has 1 aliphatic heterocycles. The minimum absolute atomic E-state index is 0.0144. The zero-order valence-corrected chi connectivity index (χ0v) is 19.4. The van der Waals surface area contributed by atoms with Crippen molar-refractivity contribution >= 4 is 22.8 Å². The van der Waals surface area contributed by atoms with Crippen LogP contribution in [0.1, 0.15) is 48.7 Å². The number of benzene rings is 1. The maximum Gasteiger partial charge on any atom is 0.255 e. The molecule has 0 spiro atoms. The second-order valence-corrected chi connectivity index (χ2v) is 9.22. The average molecular weight is 466 g/mol.